The summed E-state index contributed by atoms with van der Waals surface area (Å²) >= 11 is 3.39. The van der Waals surface area contributed by atoms with Crippen LogP contribution in [-0.4, -0.2) is 15.9 Å². The molecule has 5 heteroatoms. The average Bonchev–Trinajstić information content (AvgIpc) is 2.34. The Labute approximate surface area is 107 Å². The van der Waals surface area contributed by atoms with E-state index >= 15 is 0 Å². The summed E-state index contributed by atoms with van der Waals surface area (Å²) < 4.78 is 0.786. The van der Waals surface area contributed by atoms with Crippen molar-refractivity contribution in [2.24, 2.45) is 0 Å². The first-order chi connectivity index (χ1) is 8.18. The number of hydrogen-bond acceptors (Lipinski definition) is 3. The Balaban J connectivity index is 2.24. The lowest BCUT2D eigenvalue weighted by atomic mass is 10.1. The normalized spacial score (nSPS) is 10.0. The predicted molar refractivity (Wildman–Crippen MR) is 68.9 cm³/mol. The lowest BCUT2D eigenvalue weighted by molar-refractivity contribution is 0.102. The number of aryl methyl sites for hydroxylation is 1. The first-order valence-corrected chi connectivity index (χ1v) is 5.81. The lowest BCUT2D eigenvalue weighted by Crippen LogP contribution is -2.14. The number of anilines is 1. The number of amides is 1. The molecule has 1 heterocycles. The summed E-state index contributed by atoms with van der Waals surface area (Å²) in [4.78, 5) is 19.8. The molecule has 0 radical (unpaired) electrons. The Morgan fingerprint density at radius 3 is 2.65 bits per heavy atom. The Hall–Kier alpha value is -1.75. The van der Waals surface area contributed by atoms with Gasteiger partial charge in [-0.25, -0.2) is 9.97 Å². The molecule has 0 fully saturated rings. The SMILES string of the molecule is Cc1cccc(C(=O)Nc2ncccn2)c1Br. The van der Waals surface area contributed by atoms with Crippen molar-refractivity contribution in [1.82, 2.24) is 9.97 Å². The highest BCUT2D eigenvalue weighted by Crippen LogP contribution is 2.21. The number of rotatable bonds is 2. The lowest BCUT2D eigenvalue weighted by Gasteiger charge is -2.06. The number of carbonyl (C=O) groups is 1. The zero-order chi connectivity index (χ0) is 12.3. The molecule has 17 heavy (non-hydrogen) atoms. The predicted octanol–water partition coefficient (Wildman–Crippen LogP) is 2.80. The first-order valence-electron chi connectivity index (χ1n) is 5.02. The van der Waals surface area contributed by atoms with Gasteiger partial charge in [-0.15, -0.1) is 0 Å². The van der Waals surface area contributed by atoms with Crippen molar-refractivity contribution in [2.75, 3.05) is 5.32 Å². The molecule has 0 aliphatic rings. The Morgan fingerprint density at radius 2 is 1.94 bits per heavy atom. The minimum absolute atomic E-state index is 0.230. The molecule has 2 rings (SSSR count). The van der Waals surface area contributed by atoms with Gasteiger partial charge in [-0.3, -0.25) is 10.1 Å². The number of nitrogens with zero attached hydrogens (tertiary/aromatic N) is 2. The van der Waals surface area contributed by atoms with E-state index < -0.39 is 0 Å². The van der Waals surface area contributed by atoms with Crippen LogP contribution in [0.5, 0.6) is 0 Å². The molecular weight excluding hydrogens is 282 g/mol. The van der Waals surface area contributed by atoms with Gasteiger partial charge in [0, 0.05) is 16.9 Å². The maximum Gasteiger partial charge on any atom is 0.259 e. The van der Waals surface area contributed by atoms with Crippen LogP contribution in [0, 0.1) is 6.92 Å². The Morgan fingerprint density at radius 1 is 1.24 bits per heavy atom. The van der Waals surface area contributed by atoms with E-state index in [9.17, 15) is 4.79 Å². The third-order valence-corrected chi connectivity index (χ3v) is 3.28. The van der Waals surface area contributed by atoms with Gasteiger partial charge < -0.3 is 0 Å². The van der Waals surface area contributed by atoms with Gasteiger partial charge in [0.25, 0.3) is 5.91 Å². The molecule has 0 aliphatic carbocycles. The van der Waals surface area contributed by atoms with Crippen molar-refractivity contribution >= 4 is 27.8 Å². The second kappa shape index (κ2) is 5.05. The van der Waals surface area contributed by atoms with E-state index in [-0.39, 0.29) is 5.91 Å². The summed E-state index contributed by atoms with van der Waals surface area (Å²) in [7, 11) is 0. The van der Waals surface area contributed by atoms with Crippen LogP contribution in [0.25, 0.3) is 0 Å². The molecule has 1 aromatic heterocycles. The largest absolute Gasteiger partial charge is 0.290 e. The number of nitrogens with one attached hydrogen (secondary N) is 1. The molecule has 1 aromatic carbocycles. The average molecular weight is 292 g/mol. The van der Waals surface area contributed by atoms with Crippen LogP contribution in [-0.2, 0) is 0 Å². The molecule has 86 valence electrons. The Bertz CT molecular complexity index is 543. The fraction of sp³-hybridized carbons (Fsp3) is 0.0833. The summed E-state index contributed by atoms with van der Waals surface area (Å²) in [5.74, 6) is 0.0673. The van der Waals surface area contributed by atoms with Gasteiger partial charge in [0.15, 0.2) is 0 Å². The molecule has 4 nitrogen and oxygen atoms in total. The Kier molecular flexibility index (Phi) is 3.49. The molecule has 1 N–H and O–H groups in total. The summed E-state index contributed by atoms with van der Waals surface area (Å²) in [6.07, 6.45) is 3.15. The van der Waals surface area contributed by atoms with Crippen LogP contribution in [0.3, 0.4) is 0 Å². The quantitative estimate of drug-likeness (QED) is 0.926. The monoisotopic (exact) mass is 291 g/mol. The molecule has 0 saturated heterocycles. The maximum absolute atomic E-state index is 12.0. The number of carbonyl (C=O) groups excluding carboxylic acids is 1. The van der Waals surface area contributed by atoms with Crippen LogP contribution in [0.1, 0.15) is 15.9 Å². The minimum atomic E-state index is -0.230. The number of benzene rings is 1. The fourth-order valence-electron chi connectivity index (χ4n) is 1.36. The van der Waals surface area contributed by atoms with E-state index in [0.717, 1.165) is 10.0 Å². The highest BCUT2D eigenvalue weighted by Gasteiger charge is 2.12. The van der Waals surface area contributed by atoms with Gasteiger partial charge >= 0.3 is 0 Å². The zero-order valence-electron chi connectivity index (χ0n) is 9.14. The number of hydrogen-bond donors (Lipinski definition) is 1. The van der Waals surface area contributed by atoms with E-state index in [1.807, 2.05) is 19.1 Å². The first kappa shape index (κ1) is 11.7. The van der Waals surface area contributed by atoms with Gasteiger partial charge in [-0.2, -0.15) is 0 Å². The van der Waals surface area contributed by atoms with E-state index in [4.69, 9.17) is 0 Å². The van der Waals surface area contributed by atoms with E-state index in [0.29, 0.717) is 11.5 Å². The molecule has 2 aromatic rings. The van der Waals surface area contributed by atoms with E-state index in [1.54, 1.807) is 24.5 Å². The van der Waals surface area contributed by atoms with Crippen LogP contribution >= 0.6 is 15.9 Å². The highest BCUT2D eigenvalue weighted by molar-refractivity contribution is 9.10. The number of halogens is 1. The van der Waals surface area contributed by atoms with Crippen molar-refractivity contribution in [3.05, 3.63) is 52.3 Å². The van der Waals surface area contributed by atoms with Crippen LogP contribution in [0.15, 0.2) is 41.1 Å². The molecule has 0 unspecified atom stereocenters. The number of aromatic nitrogens is 2. The van der Waals surface area contributed by atoms with Crippen LogP contribution < -0.4 is 5.32 Å². The summed E-state index contributed by atoms with van der Waals surface area (Å²) in [5.41, 5.74) is 1.57. The second-order valence-electron chi connectivity index (χ2n) is 3.46. The standard InChI is InChI=1S/C12H10BrN3O/c1-8-4-2-5-9(10(8)13)11(17)16-12-14-6-3-7-15-12/h2-7H,1H3,(H,14,15,16,17). The van der Waals surface area contributed by atoms with Crippen molar-refractivity contribution in [3.8, 4) is 0 Å². The molecule has 0 spiro atoms. The second-order valence-corrected chi connectivity index (χ2v) is 4.26. The van der Waals surface area contributed by atoms with Gasteiger partial charge in [-0.1, -0.05) is 12.1 Å². The fourth-order valence-corrected chi connectivity index (χ4v) is 1.80. The summed E-state index contributed by atoms with van der Waals surface area (Å²) in [5, 5.41) is 2.64. The van der Waals surface area contributed by atoms with Crippen molar-refractivity contribution < 1.29 is 4.79 Å². The molecule has 0 saturated carbocycles. The topological polar surface area (TPSA) is 54.9 Å². The van der Waals surface area contributed by atoms with E-state index in [1.165, 1.54) is 0 Å². The maximum atomic E-state index is 12.0. The van der Waals surface area contributed by atoms with Crippen molar-refractivity contribution in [2.45, 2.75) is 6.92 Å². The summed E-state index contributed by atoms with van der Waals surface area (Å²) in [6.45, 7) is 1.93. The molecule has 0 aliphatic heterocycles. The van der Waals surface area contributed by atoms with Gasteiger partial charge in [0.2, 0.25) is 5.95 Å². The minimum Gasteiger partial charge on any atom is -0.290 e. The third-order valence-electron chi connectivity index (χ3n) is 2.23. The smallest absolute Gasteiger partial charge is 0.259 e. The molecule has 0 bridgehead atoms. The van der Waals surface area contributed by atoms with Crippen molar-refractivity contribution in [1.29, 1.82) is 0 Å². The molecule has 0 atom stereocenters. The highest BCUT2D eigenvalue weighted by atomic mass is 79.9. The molecular formula is C12H10BrN3O. The van der Waals surface area contributed by atoms with E-state index in [2.05, 4.69) is 31.2 Å². The van der Waals surface area contributed by atoms with Crippen LogP contribution in [0.2, 0.25) is 0 Å². The molecule has 1 amide bonds. The van der Waals surface area contributed by atoms with Gasteiger partial charge in [0.05, 0.1) is 5.56 Å². The van der Waals surface area contributed by atoms with Crippen molar-refractivity contribution in [3.63, 3.8) is 0 Å². The van der Waals surface area contributed by atoms with Gasteiger partial charge in [0.1, 0.15) is 0 Å². The summed E-state index contributed by atoms with van der Waals surface area (Å²) in [6, 6.07) is 7.20. The zero-order valence-corrected chi connectivity index (χ0v) is 10.7. The third kappa shape index (κ3) is 2.68. The van der Waals surface area contributed by atoms with Gasteiger partial charge in [-0.05, 0) is 40.5 Å². The van der Waals surface area contributed by atoms with Crippen LogP contribution in [0.4, 0.5) is 5.95 Å².